The molecule has 1 aromatic heterocycles. The van der Waals surface area contributed by atoms with Gasteiger partial charge in [-0.05, 0) is 31.9 Å². The molecule has 1 aliphatic rings. The highest BCUT2D eigenvalue weighted by atomic mass is 16.5. The fourth-order valence-electron chi connectivity index (χ4n) is 2.72. The number of aryl methyl sites for hydroxylation is 2. The lowest BCUT2D eigenvalue weighted by molar-refractivity contribution is 0.0668. The third-order valence-electron chi connectivity index (χ3n) is 3.97. The average Bonchev–Trinajstić information content (AvgIpc) is 3.11. The lowest BCUT2D eigenvalue weighted by atomic mass is 10.2. The van der Waals surface area contributed by atoms with Gasteiger partial charge >= 0.3 is 0 Å². The first kappa shape index (κ1) is 16.0. The van der Waals surface area contributed by atoms with Gasteiger partial charge in [-0.2, -0.15) is 5.10 Å². The summed E-state index contributed by atoms with van der Waals surface area (Å²) in [6, 6.07) is 2.29. The standard InChI is InChI=1S/C15H26N4O2/c1-4-12-10-14(18(2)17-12)15(20)19(8-9-21-3)11-13-6-5-7-16-13/h10,13,16H,4-9,11H2,1-3H3. The van der Waals surface area contributed by atoms with Gasteiger partial charge in [0.1, 0.15) is 5.69 Å². The second-order valence-electron chi connectivity index (χ2n) is 5.54. The number of ether oxygens (including phenoxy) is 1. The molecule has 0 aliphatic carbocycles. The van der Waals surface area contributed by atoms with Crippen LogP contribution in [0.3, 0.4) is 0 Å². The van der Waals surface area contributed by atoms with E-state index in [2.05, 4.69) is 10.4 Å². The highest BCUT2D eigenvalue weighted by molar-refractivity contribution is 5.92. The Morgan fingerprint density at radius 1 is 1.62 bits per heavy atom. The zero-order valence-electron chi connectivity index (χ0n) is 13.3. The molecule has 1 saturated heterocycles. The molecule has 1 atom stereocenters. The largest absolute Gasteiger partial charge is 0.383 e. The van der Waals surface area contributed by atoms with Gasteiger partial charge in [0.2, 0.25) is 0 Å². The van der Waals surface area contributed by atoms with Gasteiger partial charge in [0, 0.05) is 33.3 Å². The molecule has 2 heterocycles. The Bertz CT molecular complexity index is 466. The maximum atomic E-state index is 12.8. The number of hydrogen-bond acceptors (Lipinski definition) is 4. The van der Waals surface area contributed by atoms with Crippen LogP contribution in [0, 0.1) is 0 Å². The second kappa shape index (κ2) is 7.56. The van der Waals surface area contributed by atoms with E-state index >= 15 is 0 Å². The molecule has 0 aromatic carbocycles. The van der Waals surface area contributed by atoms with Crippen LogP contribution in [0.15, 0.2) is 6.07 Å². The number of nitrogens with zero attached hydrogens (tertiary/aromatic N) is 3. The summed E-state index contributed by atoms with van der Waals surface area (Å²) in [4.78, 5) is 14.6. The topological polar surface area (TPSA) is 59.4 Å². The van der Waals surface area contributed by atoms with Crippen LogP contribution in [-0.4, -0.2) is 60.0 Å². The number of aromatic nitrogens is 2. The van der Waals surface area contributed by atoms with E-state index in [0.29, 0.717) is 24.9 Å². The van der Waals surface area contributed by atoms with Crippen LogP contribution < -0.4 is 5.32 Å². The third-order valence-corrected chi connectivity index (χ3v) is 3.97. The molecule has 0 bridgehead atoms. The Kier molecular flexibility index (Phi) is 5.76. The van der Waals surface area contributed by atoms with Crippen LogP contribution in [0.1, 0.15) is 35.9 Å². The van der Waals surface area contributed by atoms with Gasteiger partial charge in [0.25, 0.3) is 5.91 Å². The van der Waals surface area contributed by atoms with Crippen LogP contribution in [0.5, 0.6) is 0 Å². The quantitative estimate of drug-likeness (QED) is 0.809. The van der Waals surface area contributed by atoms with Crippen molar-refractivity contribution in [2.45, 2.75) is 32.2 Å². The molecule has 0 radical (unpaired) electrons. The normalized spacial score (nSPS) is 18.1. The first-order chi connectivity index (χ1) is 10.2. The molecule has 1 unspecified atom stereocenters. The van der Waals surface area contributed by atoms with E-state index in [9.17, 15) is 4.79 Å². The van der Waals surface area contributed by atoms with E-state index in [1.807, 2.05) is 24.9 Å². The Labute approximate surface area is 126 Å². The molecule has 1 N–H and O–H groups in total. The summed E-state index contributed by atoms with van der Waals surface area (Å²) < 4.78 is 6.83. The Morgan fingerprint density at radius 3 is 3.00 bits per heavy atom. The van der Waals surface area contributed by atoms with Crippen LogP contribution in [0.4, 0.5) is 0 Å². The minimum absolute atomic E-state index is 0.0375. The number of nitrogens with one attached hydrogen (secondary N) is 1. The zero-order valence-corrected chi connectivity index (χ0v) is 13.3. The van der Waals surface area contributed by atoms with Crippen molar-refractivity contribution in [1.82, 2.24) is 20.0 Å². The van der Waals surface area contributed by atoms with Crippen molar-refractivity contribution in [3.8, 4) is 0 Å². The highest BCUT2D eigenvalue weighted by Crippen LogP contribution is 2.12. The number of amides is 1. The smallest absolute Gasteiger partial charge is 0.272 e. The third kappa shape index (κ3) is 4.04. The number of rotatable bonds is 7. The average molecular weight is 294 g/mol. The van der Waals surface area contributed by atoms with Gasteiger partial charge < -0.3 is 15.0 Å². The first-order valence-electron chi connectivity index (χ1n) is 7.70. The van der Waals surface area contributed by atoms with E-state index in [4.69, 9.17) is 4.74 Å². The lowest BCUT2D eigenvalue weighted by Gasteiger charge is -2.25. The fraction of sp³-hybridized carbons (Fsp3) is 0.733. The Hall–Kier alpha value is -1.40. The second-order valence-corrected chi connectivity index (χ2v) is 5.54. The molecule has 0 spiro atoms. The number of carbonyl (C=O) groups excluding carboxylic acids is 1. The zero-order chi connectivity index (χ0) is 15.2. The number of carbonyl (C=O) groups is 1. The van der Waals surface area contributed by atoms with Crippen molar-refractivity contribution in [1.29, 1.82) is 0 Å². The first-order valence-corrected chi connectivity index (χ1v) is 7.70. The van der Waals surface area contributed by atoms with Crippen molar-refractivity contribution < 1.29 is 9.53 Å². The molecule has 2 rings (SSSR count). The minimum atomic E-state index is 0.0375. The van der Waals surface area contributed by atoms with E-state index < -0.39 is 0 Å². The van der Waals surface area contributed by atoms with Gasteiger partial charge in [-0.15, -0.1) is 0 Å². The molecule has 1 aromatic rings. The minimum Gasteiger partial charge on any atom is -0.383 e. The van der Waals surface area contributed by atoms with Crippen molar-refractivity contribution in [2.75, 3.05) is 33.4 Å². The molecule has 0 saturated carbocycles. The highest BCUT2D eigenvalue weighted by Gasteiger charge is 2.24. The molecule has 1 amide bonds. The van der Waals surface area contributed by atoms with Crippen LogP contribution in [-0.2, 0) is 18.2 Å². The van der Waals surface area contributed by atoms with E-state index in [0.717, 1.165) is 31.6 Å². The molecule has 1 fully saturated rings. The SMILES string of the molecule is CCc1cc(C(=O)N(CCOC)CC2CCCN2)n(C)n1. The molecule has 6 nitrogen and oxygen atoms in total. The van der Waals surface area contributed by atoms with Crippen molar-refractivity contribution in [3.05, 3.63) is 17.5 Å². The summed E-state index contributed by atoms with van der Waals surface area (Å²) in [6.45, 7) is 4.98. The summed E-state index contributed by atoms with van der Waals surface area (Å²) in [5.74, 6) is 0.0375. The number of methoxy groups -OCH3 is 1. The van der Waals surface area contributed by atoms with Gasteiger partial charge in [0.15, 0.2) is 0 Å². The predicted octanol–water partition coefficient (Wildman–Crippen LogP) is 0.823. The molecule has 118 valence electrons. The van der Waals surface area contributed by atoms with E-state index in [1.165, 1.54) is 6.42 Å². The van der Waals surface area contributed by atoms with Gasteiger partial charge in [-0.25, -0.2) is 0 Å². The fourth-order valence-corrected chi connectivity index (χ4v) is 2.72. The number of hydrogen-bond donors (Lipinski definition) is 1. The maximum absolute atomic E-state index is 12.8. The molecule has 21 heavy (non-hydrogen) atoms. The summed E-state index contributed by atoms with van der Waals surface area (Å²) >= 11 is 0. The van der Waals surface area contributed by atoms with Crippen LogP contribution in [0.25, 0.3) is 0 Å². The molecule has 6 heteroatoms. The van der Waals surface area contributed by atoms with Crippen molar-refractivity contribution >= 4 is 5.91 Å². The van der Waals surface area contributed by atoms with Crippen molar-refractivity contribution in [2.24, 2.45) is 7.05 Å². The maximum Gasteiger partial charge on any atom is 0.272 e. The summed E-state index contributed by atoms with van der Waals surface area (Å²) in [5.41, 5.74) is 1.60. The van der Waals surface area contributed by atoms with Crippen molar-refractivity contribution in [3.63, 3.8) is 0 Å². The van der Waals surface area contributed by atoms with Gasteiger partial charge in [-0.3, -0.25) is 9.48 Å². The van der Waals surface area contributed by atoms with Gasteiger partial charge in [-0.1, -0.05) is 6.92 Å². The Balaban J connectivity index is 2.09. The van der Waals surface area contributed by atoms with Gasteiger partial charge in [0.05, 0.1) is 12.3 Å². The Morgan fingerprint density at radius 2 is 2.43 bits per heavy atom. The summed E-state index contributed by atoms with van der Waals surface area (Å²) in [5, 5.41) is 7.81. The molecule has 1 aliphatic heterocycles. The monoisotopic (exact) mass is 294 g/mol. The predicted molar refractivity (Wildman–Crippen MR) is 81.4 cm³/mol. The molecular formula is C15H26N4O2. The lowest BCUT2D eigenvalue weighted by Crippen LogP contribution is -2.43. The van der Waals surface area contributed by atoms with Crippen LogP contribution in [0.2, 0.25) is 0 Å². The summed E-state index contributed by atoms with van der Waals surface area (Å²) in [6.07, 6.45) is 3.15. The summed E-state index contributed by atoms with van der Waals surface area (Å²) in [7, 11) is 3.49. The van der Waals surface area contributed by atoms with E-state index in [1.54, 1.807) is 11.8 Å². The van der Waals surface area contributed by atoms with E-state index in [-0.39, 0.29) is 5.91 Å². The molecular weight excluding hydrogens is 268 g/mol. The van der Waals surface area contributed by atoms with Crippen LogP contribution >= 0.6 is 0 Å².